The SMILES string of the molecule is C[C@H](NCC(=O)N1CCC(C(=O)O)CC1)c1ccco1. The Labute approximate surface area is 117 Å². The second-order valence-electron chi connectivity index (χ2n) is 5.11. The van der Waals surface area contributed by atoms with Gasteiger partial charge in [0.15, 0.2) is 0 Å². The lowest BCUT2D eigenvalue weighted by Crippen LogP contribution is -2.44. The highest BCUT2D eigenvalue weighted by atomic mass is 16.4. The first kappa shape index (κ1) is 14.6. The molecular weight excluding hydrogens is 260 g/mol. The molecule has 1 amide bonds. The number of amides is 1. The van der Waals surface area contributed by atoms with E-state index in [0.29, 0.717) is 25.9 Å². The van der Waals surface area contributed by atoms with Gasteiger partial charge in [-0.15, -0.1) is 0 Å². The Bertz CT molecular complexity index is 450. The Morgan fingerprint density at radius 3 is 2.75 bits per heavy atom. The Balaban J connectivity index is 1.74. The summed E-state index contributed by atoms with van der Waals surface area (Å²) in [5.41, 5.74) is 0. The molecule has 0 aromatic carbocycles. The van der Waals surface area contributed by atoms with Crippen LogP contribution in [0.1, 0.15) is 31.6 Å². The molecule has 1 aromatic heterocycles. The molecule has 20 heavy (non-hydrogen) atoms. The van der Waals surface area contributed by atoms with Crippen molar-refractivity contribution in [3.63, 3.8) is 0 Å². The topological polar surface area (TPSA) is 82.8 Å². The Morgan fingerprint density at radius 2 is 2.20 bits per heavy atom. The molecule has 1 aliphatic heterocycles. The third-order valence-corrected chi connectivity index (χ3v) is 3.73. The van der Waals surface area contributed by atoms with E-state index in [1.807, 2.05) is 19.1 Å². The van der Waals surface area contributed by atoms with Crippen molar-refractivity contribution in [2.24, 2.45) is 5.92 Å². The van der Waals surface area contributed by atoms with Gasteiger partial charge in [0.1, 0.15) is 5.76 Å². The van der Waals surface area contributed by atoms with E-state index in [0.717, 1.165) is 5.76 Å². The van der Waals surface area contributed by atoms with E-state index < -0.39 is 5.97 Å². The predicted molar refractivity (Wildman–Crippen MR) is 72.1 cm³/mol. The van der Waals surface area contributed by atoms with Crippen LogP contribution in [0.5, 0.6) is 0 Å². The van der Waals surface area contributed by atoms with Gasteiger partial charge in [-0.2, -0.15) is 0 Å². The quantitative estimate of drug-likeness (QED) is 0.848. The van der Waals surface area contributed by atoms with E-state index in [-0.39, 0.29) is 24.4 Å². The zero-order valence-electron chi connectivity index (χ0n) is 11.5. The number of furan rings is 1. The fourth-order valence-corrected chi connectivity index (χ4v) is 2.37. The first-order valence-electron chi connectivity index (χ1n) is 6.85. The van der Waals surface area contributed by atoms with Gasteiger partial charge in [-0.05, 0) is 31.9 Å². The Morgan fingerprint density at radius 1 is 1.50 bits per heavy atom. The van der Waals surface area contributed by atoms with Crippen LogP contribution in [0.2, 0.25) is 0 Å². The zero-order valence-corrected chi connectivity index (χ0v) is 11.5. The van der Waals surface area contributed by atoms with Crippen molar-refractivity contribution in [1.82, 2.24) is 10.2 Å². The van der Waals surface area contributed by atoms with E-state index in [9.17, 15) is 9.59 Å². The van der Waals surface area contributed by atoms with E-state index in [1.54, 1.807) is 11.2 Å². The number of likely N-dealkylation sites (tertiary alicyclic amines) is 1. The predicted octanol–water partition coefficient (Wildman–Crippen LogP) is 1.25. The van der Waals surface area contributed by atoms with Crippen molar-refractivity contribution in [3.05, 3.63) is 24.2 Å². The van der Waals surface area contributed by atoms with Crippen LogP contribution in [-0.4, -0.2) is 41.5 Å². The van der Waals surface area contributed by atoms with E-state index in [2.05, 4.69) is 5.32 Å². The molecule has 6 nitrogen and oxygen atoms in total. The van der Waals surface area contributed by atoms with E-state index in [1.165, 1.54) is 0 Å². The van der Waals surface area contributed by atoms with Gasteiger partial charge in [-0.3, -0.25) is 14.9 Å². The maximum Gasteiger partial charge on any atom is 0.306 e. The van der Waals surface area contributed by atoms with Crippen molar-refractivity contribution >= 4 is 11.9 Å². The minimum atomic E-state index is -0.762. The zero-order chi connectivity index (χ0) is 14.5. The molecule has 0 bridgehead atoms. The molecule has 6 heteroatoms. The Hall–Kier alpha value is -1.82. The molecule has 0 spiro atoms. The average molecular weight is 280 g/mol. The number of carbonyl (C=O) groups is 2. The van der Waals surface area contributed by atoms with Crippen LogP contribution in [0.3, 0.4) is 0 Å². The molecule has 0 unspecified atom stereocenters. The van der Waals surface area contributed by atoms with Crippen molar-refractivity contribution in [1.29, 1.82) is 0 Å². The van der Waals surface area contributed by atoms with Gasteiger partial charge in [0.05, 0.1) is 24.8 Å². The summed E-state index contributed by atoms with van der Waals surface area (Å²) in [7, 11) is 0. The number of carboxylic acid groups (broad SMARTS) is 1. The third kappa shape index (κ3) is 3.60. The standard InChI is InChI=1S/C14H20N2O4/c1-10(12-3-2-8-20-12)15-9-13(17)16-6-4-11(5-7-16)14(18)19/h2-3,8,10-11,15H,4-7,9H2,1H3,(H,18,19)/t10-/m0/s1. The minimum absolute atomic E-state index is 0.00671. The molecule has 0 saturated carbocycles. The molecule has 1 aliphatic rings. The van der Waals surface area contributed by atoms with Gasteiger partial charge in [-0.1, -0.05) is 0 Å². The molecule has 2 N–H and O–H groups in total. The molecular formula is C14H20N2O4. The van der Waals surface area contributed by atoms with Crippen molar-refractivity contribution in [2.45, 2.75) is 25.8 Å². The highest BCUT2D eigenvalue weighted by Gasteiger charge is 2.26. The Kier molecular flexibility index (Phi) is 4.79. The summed E-state index contributed by atoms with van der Waals surface area (Å²) < 4.78 is 5.26. The highest BCUT2D eigenvalue weighted by Crippen LogP contribution is 2.17. The highest BCUT2D eigenvalue weighted by molar-refractivity contribution is 5.79. The van der Waals surface area contributed by atoms with Crippen LogP contribution >= 0.6 is 0 Å². The second-order valence-corrected chi connectivity index (χ2v) is 5.11. The van der Waals surface area contributed by atoms with Crippen LogP contribution < -0.4 is 5.32 Å². The third-order valence-electron chi connectivity index (χ3n) is 3.73. The molecule has 110 valence electrons. The first-order valence-corrected chi connectivity index (χ1v) is 6.85. The summed E-state index contributed by atoms with van der Waals surface area (Å²) in [4.78, 5) is 24.6. The number of hydrogen-bond donors (Lipinski definition) is 2. The van der Waals surface area contributed by atoms with Gasteiger partial charge < -0.3 is 14.4 Å². The molecule has 1 fully saturated rings. The largest absolute Gasteiger partial charge is 0.481 e. The summed E-state index contributed by atoms with van der Waals surface area (Å²) in [6.45, 7) is 3.21. The number of hydrogen-bond acceptors (Lipinski definition) is 4. The van der Waals surface area contributed by atoms with Crippen molar-refractivity contribution in [2.75, 3.05) is 19.6 Å². The van der Waals surface area contributed by atoms with Gasteiger partial charge in [0.2, 0.25) is 5.91 Å². The second kappa shape index (κ2) is 6.56. The normalized spacial score (nSPS) is 17.9. The maximum atomic E-state index is 12.0. The number of nitrogens with zero attached hydrogens (tertiary/aromatic N) is 1. The van der Waals surface area contributed by atoms with Crippen LogP contribution in [0.15, 0.2) is 22.8 Å². The summed E-state index contributed by atoms with van der Waals surface area (Å²) in [6.07, 6.45) is 2.68. The number of piperidine rings is 1. The van der Waals surface area contributed by atoms with Crippen molar-refractivity contribution in [3.8, 4) is 0 Å². The van der Waals surface area contributed by atoms with Gasteiger partial charge >= 0.3 is 5.97 Å². The lowest BCUT2D eigenvalue weighted by Gasteiger charge is -2.30. The minimum Gasteiger partial charge on any atom is -0.481 e. The summed E-state index contributed by atoms with van der Waals surface area (Å²) in [5, 5.41) is 12.0. The van der Waals surface area contributed by atoms with Gasteiger partial charge in [0.25, 0.3) is 0 Å². The number of nitrogens with one attached hydrogen (secondary N) is 1. The van der Waals surface area contributed by atoms with Gasteiger partial charge in [-0.25, -0.2) is 0 Å². The smallest absolute Gasteiger partial charge is 0.306 e. The number of carboxylic acids is 1. The molecule has 2 rings (SSSR count). The molecule has 0 radical (unpaired) electrons. The summed E-state index contributed by atoms with van der Waals surface area (Å²) >= 11 is 0. The molecule has 2 heterocycles. The summed E-state index contributed by atoms with van der Waals surface area (Å²) in [6, 6.07) is 3.65. The van der Waals surface area contributed by atoms with Gasteiger partial charge in [0, 0.05) is 13.1 Å². The lowest BCUT2D eigenvalue weighted by molar-refractivity contribution is -0.145. The first-order chi connectivity index (χ1) is 9.58. The van der Waals surface area contributed by atoms with Crippen LogP contribution in [0, 0.1) is 5.92 Å². The van der Waals surface area contributed by atoms with Crippen LogP contribution in [-0.2, 0) is 9.59 Å². The van der Waals surface area contributed by atoms with Crippen LogP contribution in [0.4, 0.5) is 0 Å². The average Bonchev–Trinajstić information content (AvgIpc) is 2.98. The number of rotatable bonds is 5. The molecule has 0 aliphatic carbocycles. The van der Waals surface area contributed by atoms with E-state index >= 15 is 0 Å². The molecule has 1 aromatic rings. The molecule has 1 atom stereocenters. The summed E-state index contributed by atoms with van der Waals surface area (Å²) in [5.74, 6) is -0.273. The maximum absolute atomic E-state index is 12.0. The molecule has 1 saturated heterocycles. The van der Waals surface area contributed by atoms with Crippen molar-refractivity contribution < 1.29 is 19.1 Å². The van der Waals surface area contributed by atoms with E-state index in [4.69, 9.17) is 9.52 Å². The fourth-order valence-electron chi connectivity index (χ4n) is 2.37. The lowest BCUT2D eigenvalue weighted by atomic mass is 9.97. The number of carbonyl (C=O) groups excluding carboxylic acids is 1. The monoisotopic (exact) mass is 280 g/mol. The number of aliphatic carboxylic acids is 1. The van der Waals surface area contributed by atoms with Crippen LogP contribution in [0.25, 0.3) is 0 Å². The fraction of sp³-hybridized carbons (Fsp3) is 0.571.